The van der Waals surface area contributed by atoms with Crippen LogP contribution in [0.3, 0.4) is 0 Å². The van der Waals surface area contributed by atoms with Gasteiger partial charge in [0.05, 0.1) is 18.2 Å². The monoisotopic (exact) mass is 302 g/mol. The summed E-state index contributed by atoms with van der Waals surface area (Å²) in [7, 11) is -3.38. The zero-order valence-corrected chi connectivity index (χ0v) is 11.3. The fourth-order valence-electron chi connectivity index (χ4n) is 2.94. The Morgan fingerprint density at radius 2 is 2.25 bits per heavy atom. The Bertz CT molecular complexity index is 573. The SMILES string of the molecule is C=CC(=O)NCC(=O)OC1C2CC3C(O2)C1NS3(=O)=O. The van der Waals surface area contributed by atoms with Crippen molar-refractivity contribution in [3.05, 3.63) is 12.7 Å². The number of ether oxygens (including phenoxy) is 2. The Morgan fingerprint density at radius 3 is 2.95 bits per heavy atom. The number of nitrogens with one attached hydrogen (secondary N) is 2. The van der Waals surface area contributed by atoms with Crippen LogP contribution in [0.25, 0.3) is 0 Å². The molecule has 0 aromatic carbocycles. The summed E-state index contributed by atoms with van der Waals surface area (Å²) in [5.74, 6) is -1.11. The zero-order chi connectivity index (χ0) is 14.5. The number of hydrogen-bond acceptors (Lipinski definition) is 6. The molecule has 3 heterocycles. The average molecular weight is 302 g/mol. The second-order valence-corrected chi connectivity index (χ2v) is 6.91. The minimum absolute atomic E-state index is 0.290. The first-order valence-corrected chi connectivity index (χ1v) is 7.73. The number of hydrogen-bond donors (Lipinski definition) is 2. The quantitative estimate of drug-likeness (QED) is 0.461. The van der Waals surface area contributed by atoms with E-state index in [-0.39, 0.29) is 6.54 Å². The van der Waals surface area contributed by atoms with Crippen molar-refractivity contribution < 1.29 is 27.5 Å². The van der Waals surface area contributed by atoms with Crippen molar-refractivity contribution >= 4 is 21.9 Å². The number of carbonyl (C=O) groups excluding carboxylic acids is 2. The van der Waals surface area contributed by atoms with Gasteiger partial charge in [0.2, 0.25) is 15.9 Å². The highest BCUT2D eigenvalue weighted by Crippen LogP contribution is 2.44. The highest BCUT2D eigenvalue weighted by Gasteiger charge is 2.65. The Morgan fingerprint density at radius 1 is 1.50 bits per heavy atom. The molecular weight excluding hydrogens is 288 g/mol. The van der Waals surface area contributed by atoms with Crippen molar-refractivity contribution in [3.8, 4) is 0 Å². The van der Waals surface area contributed by atoms with Gasteiger partial charge < -0.3 is 14.8 Å². The molecule has 1 amide bonds. The largest absolute Gasteiger partial charge is 0.456 e. The predicted molar refractivity (Wildman–Crippen MR) is 66.0 cm³/mol. The van der Waals surface area contributed by atoms with Crippen LogP contribution in [0.1, 0.15) is 6.42 Å². The summed E-state index contributed by atoms with van der Waals surface area (Å²) < 4.78 is 36.8. The molecule has 0 aromatic heterocycles. The van der Waals surface area contributed by atoms with E-state index in [9.17, 15) is 18.0 Å². The number of sulfonamides is 1. The van der Waals surface area contributed by atoms with Crippen LogP contribution in [0.15, 0.2) is 12.7 Å². The summed E-state index contributed by atoms with van der Waals surface area (Å²) in [5, 5.41) is 1.75. The lowest BCUT2D eigenvalue weighted by molar-refractivity contribution is -0.151. The number of fused-ring (bicyclic) bond motifs is 1. The van der Waals surface area contributed by atoms with Crippen LogP contribution in [-0.4, -0.2) is 56.4 Å². The lowest BCUT2D eigenvalue weighted by atomic mass is 9.93. The molecule has 3 aliphatic heterocycles. The Labute approximate surface area is 115 Å². The molecule has 8 nitrogen and oxygen atoms in total. The fourth-order valence-corrected chi connectivity index (χ4v) is 4.79. The van der Waals surface area contributed by atoms with Gasteiger partial charge >= 0.3 is 5.97 Å². The van der Waals surface area contributed by atoms with Gasteiger partial charge in [0, 0.05) is 0 Å². The molecule has 0 saturated carbocycles. The smallest absolute Gasteiger partial charge is 0.325 e. The first-order valence-electron chi connectivity index (χ1n) is 6.19. The van der Waals surface area contributed by atoms with Crippen LogP contribution in [0.2, 0.25) is 0 Å². The topological polar surface area (TPSA) is 111 Å². The van der Waals surface area contributed by atoms with Gasteiger partial charge in [-0.1, -0.05) is 6.58 Å². The third-order valence-corrected chi connectivity index (χ3v) is 5.65. The van der Waals surface area contributed by atoms with Crippen LogP contribution >= 0.6 is 0 Å². The van der Waals surface area contributed by atoms with Crippen molar-refractivity contribution in [3.63, 3.8) is 0 Å². The number of carbonyl (C=O) groups is 2. The molecule has 5 atom stereocenters. The summed E-state index contributed by atoms with van der Waals surface area (Å²) in [5.41, 5.74) is 0. The maximum absolute atomic E-state index is 11.8. The molecule has 3 aliphatic rings. The lowest BCUT2D eigenvalue weighted by Gasteiger charge is -2.22. The van der Waals surface area contributed by atoms with Crippen LogP contribution in [-0.2, 0) is 29.1 Å². The van der Waals surface area contributed by atoms with Crippen molar-refractivity contribution in [2.24, 2.45) is 0 Å². The molecular formula is C11H14N2O6S. The van der Waals surface area contributed by atoms with Gasteiger partial charge in [-0.2, -0.15) is 0 Å². The van der Waals surface area contributed by atoms with Gasteiger partial charge in [-0.25, -0.2) is 13.1 Å². The summed E-state index contributed by atoms with van der Waals surface area (Å²) in [6, 6.07) is -0.525. The molecule has 9 heteroatoms. The number of rotatable bonds is 4. The normalized spacial score (nSPS) is 39.5. The van der Waals surface area contributed by atoms with E-state index < -0.39 is 51.5 Å². The Balaban J connectivity index is 1.62. The van der Waals surface area contributed by atoms with E-state index in [4.69, 9.17) is 9.47 Å². The third-order valence-electron chi connectivity index (χ3n) is 3.80. The van der Waals surface area contributed by atoms with Gasteiger partial charge in [-0.05, 0) is 12.5 Å². The van der Waals surface area contributed by atoms with Gasteiger partial charge in [0.1, 0.15) is 17.9 Å². The molecule has 110 valence electrons. The molecule has 20 heavy (non-hydrogen) atoms. The van der Waals surface area contributed by atoms with Gasteiger partial charge in [-0.15, -0.1) is 0 Å². The molecule has 2 N–H and O–H groups in total. The lowest BCUT2D eigenvalue weighted by Crippen LogP contribution is -2.46. The van der Waals surface area contributed by atoms with E-state index in [1.165, 1.54) is 0 Å². The molecule has 3 saturated heterocycles. The Hall–Kier alpha value is -1.45. The number of esters is 1. The summed E-state index contributed by atoms with van der Waals surface area (Å²) >= 11 is 0. The maximum Gasteiger partial charge on any atom is 0.325 e. The highest BCUT2D eigenvalue weighted by molar-refractivity contribution is 7.90. The third kappa shape index (κ3) is 2.02. The Kier molecular flexibility index (Phi) is 3.07. The molecule has 5 unspecified atom stereocenters. The zero-order valence-electron chi connectivity index (χ0n) is 10.4. The van der Waals surface area contributed by atoms with Crippen molar-refractivity contribution in [2.45, 2.75) is 36.0 Å². The standard InChI is InChI=1S/C11H14N2O6S/c1-2-7(14)12-4-8(15)19-10-5-3-6-11(18-5)9(10)13-20(6,16)17/h2,5-6,9-11,13H,1,3-4H2,(H,12,14). The average Bonchev–Trinajstić information content (AvgIpc) is 3.00. The summed E-state index contributed by atoms with van der Waals surface area (Å²) in [4.78, 5) is 22.6. The van der Waals surface area contributed by atoms with Crippen LogP contribution in [0.5, 0.6) is 0 Å². The number of amides is 1. The molecule has 3 rings (SSSR count). The molecule has 0 aliphatic carbocycles. The van der Waals surface area contributed by atoms with Crippen LogP contribution in [0, 0.1) is 0 Å². The van der Waals surface area contributed by atoms with Crippen LogP contribution < -0.4 is 10.0 Å². The van der Waals surface area contributed by atoms with Gasteiger partial charge in [0.15, 0.2) is 0 Å². The summed E-state index contributed by atoms with van der Waals surface area (Å²) in [6.07, 6.45) is -0.122. The van der Waals surface area contributed by atoms with E-state index in [0.717, 1.165) is 6.08 Å². The molecule has 0 aromatic rings. The van der Waals surface area contributed by atoms with Crippen LogP contribution in [0.4, 0.5) is 0 Å². The van der Waals surface area contributed by atoms with Gasteiger partial charge in [0.25, 0.3) is 0 Å². The predicted octanol–water partition coefficient (Wildman–Crippen LogP) is -1.96. The van der Waals surface area contributed by atoms with E-state index in [0.29, 0.717) is 6.42 Å². The highest BCUT2D eigenvalue weighted by atomic mass is 32.2. The van der Waals surface area contributed by atoms with Crippen molar-refractivity contribution in [1.29, 1.82) is 0 Å². The first-order chi connectivity index (χ1) is 9.42. The van der Waals surface area contributed by atoms with E-state index in [2.05, 4.69) is 16.6 Å². The van der Waals surface area contributed by atoms with E-state index in [1.807, 2.05) is 0 Å². The summed E-state index contributed by atoms with van der Waals surface area (Å²) in [6.45, 7) is 2.97. The molecule has 3 fully saturated rings. The molecule has 2 bridgehead atoms. The molecule has 0 spiro atoms. The van der Waals surface area contributed by atoms with E-state index >= 15 is 0 Å². The first kappa shape index (κ1) is 13.5. The fraction of sp³-hybridized carbons (Fsp3) is 0.636. The van der Waals surface area contributed by atoms with Crippen molar-refractivity contribution in [1.82, 2.24) is 10.0 Å². The van der Waals surface area contributed by atoms with Gasteiger partial charge in [-0.3, -0.25) is 9.59 Å². The van der Waals surface area contributed by atoms with E-state index in [1.54, 1.807) is 0 Å². The maximum atomic E-state index is 11.8. The second kappa shape index (κ2) is 4.54. The minimum atomic E-state index is -3.38. The van der Waals surface area contributed by atoms with Crippen molar-refractivity contribution in [2.75, 3.05) is 6.54 Å². The second-order valence-electron chi connectivity index (χ2n) is 4.98. The molecule has 0 radical (unpaired) electrons. The minimum Gasteiger partial charge on any atom is -0.456 e.